The molecule has 0 radical (unpaired) electrons. The number of nitrogens with two attached hydrogens (primary N) is 1. The van der Waals surface area contributed by atoms with E-state index >= 15 is 0 Å². The fourth-order valence-corrected chi connectivity index (χ4v) is 1.55. The number of hydrogen-bond acceptors (Lipinski definition) is 7. The zero-order valence-corrected chi connectivity index (χ0v) is 12.4. The summed E-state index contributed by atoms with van der Waals surface area (Å²) in [5.41, 5.74) is 6.41. The second-order valence-corrected chi connectivity index (χ2v) is 4.16. The molecule has 0 bridgehead atoms. The molecule has 7 heteroatoms. The first-order chi connectivity index (χ1) is 9.69. The Morgan fingerprint density at radius 1 is 1.20 bits per heavy atom. The molecule has 20 heavy (non-hydrogen) atoms. The quantitative estimate of drug-likeness (QED) is 0.624. The van der Waals surface area contributed by atoms with Crippen LogP contribution in [0.2, 0.25) is 0 Å². The van der Waals surface area contributed by atoms with Gasteiger partial charge in [-0.3, -0.25) is 0 Å². The molecule has 1 aromatic rings. The van der Waals surface area contributed by atoms with Crippen LogP contribution in [0, 0.1) is 6.92 Å². The Bertz CT molecular complexity index is 401. The molecule has 0 aliphatic rings. The minimum absolute atomic E-state index is 0.391. The van der Waals surface area contributed by atoms with Gasteiger partial charge in [0.15, 0.2) is 5.82 Å². The van der Waals surface area contributed by atoms with Crippen LogP contribution in [0.1, 0.15) is 19.2 Å². The van der Waals surface area contributed by atoms with Crippen molar-refractivity contribution in [3.63, 3.8) is 0 Å². The summed E-state index contributed by atoms with van der Waals surface area (Å²) in [4.78, 5) is 8.46. The molecule has 0 spiro atoms. The molecule has 114 valence electrons. The fourth-order valence-electron chi connectivity index (χ4n) is 1.55. The van der Waals surface area contributed by atoms with Gasteiger partial charge in [-0.25, -0.2) is 4.98 Å². The Morgan fingerprint density at radius 2 is 2.00 bits per heavy atom. The van der Waals surface area contributed by atoms with Crippen molar-refractivity contribution in [3.05, 3.63) is 5.82 Å². The molecule has 0 atom stereocenters. The molecule has 1 rings (SSSR count). The fraction of sp³-hybridized carbons (Fsp3) is 0.692. The summed E-state index contributed by atoms with van der Waals surface area (Å²) < 4.78 is 15.7. The highest BCUT2D eigenvalue weighted by atomic mass is 16.5. The van der Waals surface area contributed by atoms with Gasteiger partial charge in [-0.2, -0.15) is 4.98 Å². The van der Waals surface area contributed by atoms with Gasteiger partial charge in [-0.1, -0.05) is 0 Å². The van der Waals surface area contributed by atoms with Crippen molar-refractivity contribution in [3.8, 4) is 5.88 Å². The van der Waals surface area contributed by atoms with Crippen LogP contribution in [0.4, 0.5) is 11.5 Å². The van der Waals surface area contributed by atoms with E-state index in [4.69, 9.17) is 19.9 Å². The zero-order chi connectivity index (χ0) is 14.8. The molecule has 0 aliphatic carbocycles. The van der Waals surface area contributed by atoms with Crippen LogP contribution in [0.15, 0.2) is 0 Å². The Labute approximate surface area is 119 Å². The van der Waals surface area contributed by atoms with Crippen LogP contribution < -0.4 is 15.8 Å². The van der Waals surface area contributed by atoms with E-state index in [1.165, 1.54) is 0 Å². The number of hydrogen-bond donors (Lipinski definition) is 2. The van der Waals surface area contributed by atoms with Crippen LogP contribution in [0.5, 0.6) is 5.88 Å². The first-order valence-electron chi connectivity index (χ1n) is 6.76. The molecule has 0 saturated heterocycles. The van der Waals surface area contributed by atoms with Gasteiger partial charge in [0.2, 0.25) is 5.88 Å². The van der Waals surface area contributed by atoms with Crippen LogP contribution in [-0.4, -0.2) is 50.1 Å². The van der Waals surface area contributed by atoms with Gasteiger partial charge >= 0.3 is 0 Å². The minimum atomic E-state index is 0.391. The van der Waals surface area contributed by atoms with Gasteiger partial charge in [-0.15, -0.1) is 0 Å². The molecule has 0 aromatic carbocycles. The Hall–Kier alpha value is -1.60. The maximum atomic E-state index is 5.99. The number of rotatable bonds is 10. The molecule has 3 N–H and O–H groups in total. The molecular weight excluding hydrogens is 260 g/mol. The normalized spacial score (nSPS) is 10.6. The van der Waals surface area contributed by atoms with Crippen molar-refractivity contribution in [2.24, 2.45) is 0 Å². The van der Waals surface area contributed by atoms with E-state index in [1.54, 1.807) is 14.0 Å². The lowest BCUT2D eigenvalue weighted by Crippen LogP contribution is -2.13. The zero-order valence-electron chi connectivity index (χ0n) is 12.4. The molecule has 0 unspecified atom stereocenters. The van der Waals surface area contributed by atoms with E-state index < -0.39 is 0 Å². The van der Waals surface area contributed by atoms with Gasteiger partial charge in [-0.05, 0) is 20.3 Å². The summed E-state index contributed by atoms with van der Waals surface area (Å²) in [6.07, 6.45) is 0.885. The summed E-state index contributed by atoms with van der Waals surface area (Å²) in [6.45, 7) is 6.84. The average Bonchev–Trinajstić information content (AvgIpc) is 2.43. The van der Waals surface area contributed by atoms with E-state index in [0.717, 1.165) is 19.6 Å². The van der Waals surface area contributed by atoms with Crippen molar-refractivity contribution in [1.29, 1.82) is 0 Å². The second-order valence-electron chi connectivity index (χ2n) is 4.16. The molecule has 1 aromatic heterocycles. The number of nitrogen functional groups attached to an aromatic ring is 1. The molecule has 0 fully saturated rings. The maximum Gasteiger partial charge on any atom is 0.242 e. The Balaban J connectivity index is 2.56. The third kappa shape index (κ3) is 5.58. The average molecular weight is 284 g/mol. The maximum absolute atomic E-state index is 5.99. The predicted molar refractivity (Wildman–Crippen MR) is 78.2 cm³/mol. The standard InChI is InChI=1S/C13H24N4O3/c1-4-19-7-5-6-15-12-11(14)13(17-10(2)16-12)20-9-8-18-3/h4-9,14H2,1-3H3,(H,15,16,17). The molecule has 0 amide bonds. The van der Waals surface area contributed by atoms with E-state index in [0.29, 0.717) is 43.0 Å². The lowest BCUT2D eigenvalue weighted by molar-refractivity contribution is 0.144. The lowest BCUT2D eigenvalue weighted by Gasteiger charge is -2.13. The highest BCUT2D eigenvalue weighted by Gasteiger charge is 2.11. The highest BCUT2D eigenvalue weighted by molar-refractivity contribution is 5.66. The number of nitrogens with one attached hydrogen (secondary N) is 1. The van der Waals surface area contributed by atoms with Crippen molar-refractivity contribution in [2.45, 2.75) is 20.3 Å². The Morgan fingerprint density at radius 3 is 2.70 bits per heavy atom. The van der Waals surface area contributed by atoms with Crippen molar-refractivity contribution in [1.82, 2.24) is 9.97 Å². The lowest BCUT2D eigenvalue weighted by atomic mass is 10.4. The van der Waals surface area contributed by atoms with Gasteiger partial charge in [0, 0.05) is 26.9 Å². The predicted octanol–water partition coefficient (Wildman–Crippen LogP) is 1.23. The summed E-state index contributed by atoms with van der Waals surface area (Å²) in [6, 6.07) is 0. The number of ether oxygens (including phenoxy) is 3. The first-order valence-corrected chi connectivity index (χ1v) is 6.76. The van der Waals surface area contributed by atoms with E-state index in [1.807, 2.05) is 6.92 Å². The Kier molecular flexibility index (Phi) is 7.67. The third-order valence-corrected chi connectivity index (χ3v) is 2.51. The summed E-state index contributed by atoms with van der Waals surface area (Å²) in [7, 11) is 1.61. The highest BCUT2D eigenvalue weighted by Crippen LogP contribution is 2.25. The van der Waals surface area contributed by atoms with Gasteiger partial charge < -0.3 is 25.3 Å². The molecule has 1 heterocycles. The molecular formula is C13H24N4O3. The SMILES string of the molecule is CCOCCCNc1nc(C)nc(OCCOC)c1N. The monoisotopic (exact) mass is 284 g/mol. The van der Waals surface area contributed by atoms with E-state index in [9.17, 15) is 0 Å². The molecule has 7 nitrogen and oxygen atoms in total. The number of nitrogens with zero attached hydrogens (tertiary/aromatic N) is 2. The molecule has 0 saturated carbocycles. The van der Waals surface area contributed by atoms with Gasteiger partial charge in [0.25, 0.3) is 0 Å². The first kappa shape index (κ1) is 16.5. The van der Waals surface area contributed by atoms with Gasteiger partial charge in [0.1, 0.15) is 18.1 Å². The van der Waals surface area contributed by atoms with Crippen molar-refractivity contribution >= 4 is 11.5 Å². The number of methoxy groups -OCH3 is 1. The van der Waals surface area contributed by atoms with E-state index in [2.05, 4.69) is 15.3 Å². The summed E-state index contributed by atoms with van der Waals surface area (Å²) in [5.74, 6) is 1.60. The topological polar surface area (TPSA) is 91.5 Å². The largest absolute Gasteiger partial charge is 0.474 e. The number of anilines is 2. The van der Waals surface area contributed by atoms with Crippen molar-refractivity contribution < 1.29 is 14.2 Å². The number of aryl methyl sites for hydroxylation is 1. The summed E-state index contributed by atoms with van der Waals surface area (Å²) >= 11 is 0. The van der Waals surface area contributed by atoms with Crippen LogP contribution in [0.25, 0.3) is 0 Å². The van der Waals surface area contributed by atoms with Crippen LogP contribution >= 0.6 is 0 Å². The van der Waals surface area contributed by atoms with Gasteiger partial charge in [0.05, 0.1) is 6.61 Å². The summed E-state index contributed by atoms with van der Waals surface area (Å²) in [5, 5.41) is 3.18. The second kappa shape index (κ2) is 9.33. The minimum Gasteiger partial charge on any atom is -0.474 e. The van der Waals surface area contributed by atoms with Crippen molar-refractivity contribution in [2.75, 3.05) is 51.1 Å². The third-order valence-electron chi connectivity index (χ3n) is 2.51. The smallest absolute Gasteiger partial charge is 0.242 e. The van der Waals surface area contributed by atoms with Crippen LogP contribution in [0.3, 0.4) is 0 Å². The van der Waals surface area contributed by atoms with Crippen LogP contribution in [-0.2, 0) is 9.47 Å². The number of aromatic nitrogens is 2. The van der Waals surface area contributed by atoms with E-state index in [-0.39, 0.29) is 0 Å². The molecule has 0 aliphatic heterocycles.